The molecule has 2 aromatic rings. The summed E-state index contributed by atoms with van der Waals surface area (Å²) in [6.45, 7) is 4.46. The van der Waals surface area contributed by atoms with Crippen molar-refractivity contribution in [1.29, 1.82) is 0 Å². The largest absolute Gasteiger partial charge is 0.478 e. The Balaban J connectivity index is 1.38. The summed E-state index contributed by atoms with van der Waals surface area (Å²) in [4.78, 5) is 43.4. The predicted octanol–water partition coefficient (Wildman–Crippen LogP) is 5.40. The summed E-state index contributed by atoms with van der Waals surface area (Å²) in [7, 11) is 0. The van der Waals surface area contributed by atoms with Crippen LogP contribution in [-0.2, 0) is 9.59 Å². The molecule has 2 aliphatic rings. The van der Waals surface area contributed by atoms with Crippen LogP contribution in [0.1, 0.15) is 63.7 Å². The van der Waals surface area contributed by atoms with Crippen LogP contribution >= 0.6 is 23.2 Å². The van der Waals surface area contributed by atoms with Gasteiger partial charge in [0.2, 0.25) is 0 Å². The number of fused-ring (bicyclic) bond motifs is 2. The van der Waals surface area contributed by atoms with Gasteiger partial charge in [0.15, 0.2) is 11.2 Å². The van der Waals surface area contributed by atoms with Gasteiger partial charge in [-0.2, -0.15) is 13.2 Å². The first-order valence-corrected chi connectivity index (χ1v) is 14.6. The molecule has 0 unspecified atom stereocenters. The molecule has 2 bridgehead atoms. The summed E-state index contributed by atoms with van der Waals surface area (Å²) < 4.78 is 48.8. The van der Waals surface area contributed by atoms with E-state index in [0.29, 0.717) is 18.7 Å². The molecule has 0 saturated carbocycles. The SMILES string of the molecule is CC(C)(Oc1cc(OC(C)(C)C(=O)N[C@H]2C[C@H]3CC[C@@H](C2)N3c2ccc(C(=O)NCC(F)(F)F)cn2)c(Cl)cc1Cl)C(=O)O. The molecule has 1 aromatic carbocycles. The number of aliphatic carboxylic acids is 1. The fourth-order valence-electron chi connectivity index (χ4n) is 5.29. The van der Waals surface area contributed by atoms with E-state index in [1.807, 2.05) is 5.32 Å². The Kier molecular flexibility index (Phi) is 9.51. The normalized spacial score (nSPS) is 20.2. The Morgan fingerprint density at radius 2 is 1.55 bits per heavy atom. The number of pyridine rings is 1. The zero-order chi connectivity index (χ0) is 32.6. The van der Waals surface area contributed by atoms with Gasteiger partial charge < -0.3 is 30.1 Å². The molecule has 2 fully saturated rings. The minimum atomic E-state index is -4.51. The van der Waals surface area contributed by atoms with Crippen molar-refractivity contribution in [2.75, 3.05) is 11.4 Å². The van der Waals surface area contributed by atoms with Gasteiger partial charge in [-0.15, -0.1) is 0 Å². The second kappa shape index (κ2) is 12.5. The number of hydrogen-bond acceptors (Lipinski definition) is 7. The van der Waals surface area contributed by atoms with Crippen LogP contribution in [0.5, 0.6) is 11.5 Å². The minimum absolute atomic E-state index is 0.0276. The van der Waals surface area contributed by atoms with Gasteiger partial charge in [-0.1, -0.05) is 23.2 Å². The second-order valence-electron chi connectivity index (χ2n) is 11.9. The number of nitrogens with one attached hydrogen (secondary N) is 2. The van der Waals surface area contributed by atoms with Crippen molar-refractivity contribution in [2.24, 2.45) is 0 Å². The molecule has 0 spiro atoms. The van der Waals surface area contributed by atoms with Gasteiger partial charge in [0, 0.05) is 30.4 Å². The highest BCUT2D eigenvalue weighted by Crippen LogP contribution is 2.40. The van der Waals surface area contributed by atoms with Gasteiger partial charge in [0.25, 0.3) is 11.8 Å². The molecule has 3 N–H and O–H groups in total. The highest BCUT2D eigenvalue weighted by Gasteiger charge is 2.43. The maximum atomic E-state index is 13.4. The van der Waals surface area contributed by atoms with E-state index in [0.717, 1.165) is 12.8 Å². The fourth-order valence-corrected chi connectivity index (χ4v) is 5.75. The topological polar surface area (TPSA) is 130 Å². The number of rotatable bonds is 10. The fraction of sp³-hybridized carbons (Fsp3) is 0.517. The second-order valence-corrected chi connectivity index (χ2v) is 12.7. The Morgan fingerprint density at radius 1 is 0.977 bits per heavy atom. The molecule has 0 radical (unpaired) electrons. The van der Waals surface area contributed by atoms with Crippen molar-refractivity contribution in [3.63, 3.8) is 0 Å². The van der Waals surface area contributed by atoms with E-state index >= 15 is 0 Å². The van der Waals surface area contributed by atoms with Crippen LogP contribution < -0.4 is 25.0 Å². The summed E-state index contributed by atoms with van der Waals surface area (Å²) in [5.41, 5.74) is -2.93. The van der Waals surface area contributed by atoms with E-state index in [-0.39, 0.29) is 51.1 Å². The Labute approximate surface area is 262 Å². The number of carbonyl (C=O) groups is 3. The molecule has 3 atom stereocenters. The number of piperidine rings is 1. The van der Waals surface area contributed by atoms with E-state index in [1.165, 1.54) is 38.2 Å². The molecule has 10 nitrogen and oxygen atoms in total. The van der Waals surface area contributed by atoms with E-state index in [2.05, 4.69) is 15.2 Å². The number of nitrogens with zero attached hydrogens (tertiary/aromatic N) is 2. The molecular weight excluding hydrogens is 628 g/mol. The molecule has 1 aromatic heterocycles. The lowest BCUT2D eigenvalue weighted by Crippen LogP contribution is -2.55. The van der Waals surface area contributed by atoms with Crippen molar-refractivity contribution in [2.45, 2.75) is 88.9 Å². The molecule has 2 amide bonds. The number of benzene rings is 1. The maximum absolute atomic E-state index is 13.4. The number of amides is 2. The number of alkyl halides is 3. The summed E-state index contributed by atoms with van der Waals surface area (Å²) in [6.07, 6.45) is -0.277. The van der Waals surface area contributed by atoms with Gasteiger partial charge in [-0.3, -0.25) is 9.59 Å². The number of anilines is 1. The predicted molar refractivity (Wildman–Crippen MR) is 157 cm³/mol. The van der Waals surface area contributed by atoms with Crippen molar-refractivity contribution in [3.8, 4) is 11.5 Å². The lowest BCUT2D eigenvalue weighted by Gasteiger charge is -2.41. The zero-order valence-electron chi connectivity index (χ0n) is 24.4. The number of carbonyl (C=O) groups excluding carboxylic acids is 2. The maximum Gasteiger partial charge on any atom is 0.405 e. The van der Waals surface area contributed by atoms with Crippen LogP contribution in [-0.4, -0.2) is 69.9 Å². The van der Waals surface area contributed by atoms with E-state index in [4.69, 9.17) is 32.7 Å². The number of aromatic nitrogens is 1. The van der Waals surface area contributed by atoms with Crippen LogP contribution in [0.4, 0.5) is 19.0 Å². The summed E-state index contributed by atoms with van der Waals surface area (Å²) in [5, 5.41) is 14.5. The highest BCUT2D eigenvalue weighted by atomic mass is 35.5. The first-order valence-electron chi connectivity index (χ1n) is 13.9. The molecule has 3 heterocycles. The van der Waals surface area contributed by atoms with Gasteiger partial charge >= 0.3 is 12.1 Å². The smallest absolute Gasteiger partial charge is 0.405 e. The number of hydrogen-bond donors (Lipinski definition) is 3. The lowest BCUT2D eigenvalue weighted by molar-refractivity contribution is -0.152. The van der Waals surface area contributed by atoms with E-state index in [1.54, 1.807) is 19.9 Å². The number of ether oxygens (including phenoxy) is 2. The average Bonchev–Trinajstić information content (AvgIpc) is 3.19. The van der Waals surface area contributed by atoms with Crippen LogP contribution in [0, 0.1) is 0 Å². The van der Waals surface area contributed by atoms with Crippen molar-refractivity contribution in [1.82, 2.24) is 15.6 Å². The molecule has 2 saturated heterocycles. The third-order valence-electron chi connectivity index (χ3n) is 7.57. The molecule has 0 aliphatic carbocycles. The van der Waals surface area contributed by atoms with Crippen molar-refractivity contribution < 1.29 is 42.1 Å². The van der Waals surface area contributed by atoms with Crippen LogP contribution in [0.2, 0.25) is 10.0 Å². The van der Waals surface area contributed by atoms with E-state index in [9.17, 15) is 32.7 Å². The first kappa shape index (κ1) is 33.4. The standard InChI is InChI=1S/C29H33Cl2F3N4O6/c1-27(2,43-21-12-22(20(31)11-19(21)30)44-28(3,4)26(41)42)25(40)37-16-9-17-6-7-18(10-16)38(17)23-8-5-15(13-35-23)24(39)36-14-29(32,33)34/h5,8,11-13,16-18H,6-7,9-10,14H2,1-4H3,(H,36,39)(H,37,40)(H,41,42)/t16-,17+,18-. The van der Waals surface area contributed by atoms with Gasteiger partial charge in [0.1, 0.15) is 23.9 Å². The number of carboxylic acids is 1. The average molecular weight is 662 g/mol. The molecule has 2 aliphatic heterocycles. The quantitative estimate of drug-likeness (QED) is 0.309. The molecule has 15 heteroatoms. The lowest BCUT2D eigenvalue weighted by atomic mass is 9.96. The summed E-state index contributed by atoms with van der Waals surface area (Å²) >= 11 is 12.5. The summed E-state index contributed by atoms with van der Waals surface area (Å²) in [6, 6.07) is 5.72. The first-order chi connectivity index (χ1) is 20.4. The third-order valence-corrected chi connectivity index (χ3v) is 8.16. The Hall–Kier alpha value is -3.45. The van der Waals surface area contributed by atoms with Crippen LogP contribution in [0.15, 0.2) is 30.5 Å². The van der Waals surface area contributed by atoms with Crippen molar-refractivity contribution in [3.05, 3.63) is 46.1 Å². The van der Waals surface area contributed by atoms with Crippen molar-refractivity contribution >= 4 is 46.8 Å². The third kappa shape index (κ3) is 7.79. The number of carboxylic acid groups (broad SMARTS) is 1. The monoisotopic (exact) mass is 660 g/mol. The van der Waals surface area contributed by atoms with Gasteiger partial charge in [-0.25, -0.2) is 9.78 Å². The molecular formula is C29H33Cl2F3N4O6. The van der Waals surface area contributed by atoms with Crippen LogP contribution in [0.25, 0.3) is 0 Å². The Bertz CT molecular complexity index is 1410. The number of halogens is 5. The minimum Gasteiger partial charge on any atom is -0.478 e. The van der Waals surface area contributed by atoms with Gasteiger partial charge in [-0.05, 0) is 71.6 Å². The summed E-state index contributed by atoms with van der Waals surface area (Å²) in [5.74, 6) is -1.72. The van der Waals surface area contributed by atoms with Gasteiger partial charge in [0.05, 0.1) is 15.6 Å². The molecule has 240 valence electrons. The molecule has 4 rings (SSSR count). The van der Waals surface area contributed by atoms with E-state index < -0.39 is 35.8 Å². The Morgan fingerprint density at radius 3 is 2.05 bits per heavy atom. The zero-order valence-corrected chi connectivity index (χ0v) is 25.9. The highest BCUT2D eigenvalue weighted by molar-refractivity contribution is 6.36. The van der Waals surface area contributed by atoms with Crippen LogP contribution in [0.3, 0.4) is 0 Å². The molecule has 44 heavy (non-hydrogen) atoms.